The maximum atomic E-state index is 13.0. The van der Waals surface area contributed by atoms with Gasteiger partial charge in [-0.2, -0.15) is 5.10 Å². The summed E-state index contributed by atoms with van der Waals surface area (Å²) >= 11 is 0. The van der Waals surface area contributed by atoms with E-state index in [4.69, 9.17) is 9.47 Å². The Morgan fingerprint density at radius 2 is 2.16 bits per heavy atom. The van der Waals surface area contributed by atoms with Crippen LogP contribution in [0.3, 0.4) is 0 Å². The summed E-state index contributed by atoms with van der Waals surface area (Å²) in [5, 5.41) is 7.59. The minimum absolute atomic E-state index is 0. The Bertz CT molecular complexity index is 549. The van der Waals surface area contributed by atoms with E-state index < -0.39 is 5.60 Å². The second kappa shape index (κ2) is 9.73. The van der Waals surface area contributed by atoms with E-state index in [1.165, 1.54) is 0 Å². The Hall–Kier alpha value is -0.860. The quantitative estimate of drug-likeness (QED) is 0.825. The number of nitrogens with one attached hydrogen (secondary N) is 1. The van der Waals surface area contributed by atoms with Crippen LogP contribution in [0.5, 0.6) is 0 Å². The third-order valence-electron chi connectivity index (χ3n) is 4.77. The van der Waals surface area contributed by atoms with Crippen LogP contribution in [0.15, 0.2) is 12.4 Å². The lowest BCUT2D eigenvalue weighted by Gasteiger charge is -2.41. The van der Waals surface area contributed by atoms with Gasteiger partial charge in [-0.25, -0.2) is 0 Å². The minimum atomic E-state index is -0.671. The zero-order valence-electron chi connectivity index (χ0n) is 14.8. The number of piperidine rings is 1. The lowest BCUT2D eigenvalue weighted by atomic mass is 9.90. The molecule has 1 aromatic heterocycles. The van der Waals surface area contributed by atoms with Crippen LogP contribution in [0.2, 0.25) is 0 Å². The van der Waals surface area contributed by atoms with Gasteiger partial charge < -0.3 is 19.7 Å². The lowest BCUT2D eigenvalue weighted by molar-refractivity contribution is -0.165. The third kappa shape index (κ3) is 5.08. The highest BCUT2D eigenvalue weighted by atomic mass is 35.5. The van der Waals surface area contributed by atoms with Crippen molar-refractivity contribution in [1.29, 1.82) is 0 Å². The van der Waals surface area contributed by atoms with Crippen LogP contribution < -0.4 is 5.32 Å². The van der Waals surface area contributed by atoms with Gasteiger partial charge in [-0.05, 0) is 38.4 Å². The van der Waals surface area contributed by atoms with Crippen LogP contribution in [0.1, 0.15) is 18.4 Å². The molecule has 9 heteroatoms. The Morgan fingerprint density at radius 3 is 2.76 bits per heavy atom. The molecule has 1 unspecified atom stereocenters. The molecule has 2 aliphatic rings. The average Bonchev–Trinajstić information content (AvgIpc) is 3.00. The maximum absolute atomic E-state index is 13.0. The lowest BCUT2D eigenvalue weighted by Crippen LogP contribution is -2.58. The molecule has 144 valence electrons. The standard InChI is InChI=1S/C16H26N4O3.2ClH/c1-13-9-18-20(10-13)12-14-11-19(7-8-23-14)15(21)16(22-2)3-5-17-6-4-16;;/h9-10,14,17H,3-8,11-12H2,1-2H3;2*1H. The normalized spacial score (nSPS) is 22.6. The number of hydrogen-bond acceptors (Lipinski definition) is 5. The molecule has 1 aromatic rings. The van der Waals surface area contributed by atoms with Crippen molar-refractivity contribution >= 4 is 30.7 Å². The van der Waals surface area contributed by atoms with Crippen molar-refractivity contribution in [2.45, 2.75) is 38.0 Å². The van der Waals surface area contributed by atoms with E-state index >= 15 is 0 Å². The van der Waals surface area contributed by atoms with E-state index in [9.17, 15) is 4.79 Å². The molecule has 0 spiro atoms. The van der Waals surface area contributed by atoms with Gasteiger partial charge in [-0.15, -0.1) is 24.8 Å². The number of methoxy groups -OCH3 is 1. The van der Waals surface area contributed by atoms with Crippen LogP contribution in [-0.4, -0.2) is 72.2 Å². The summed E-state index contributed by atoms with van der Waals surface area (Å²) in [5.41, 5.74) is 0.455. The average molecular weight is 395 g/mol. The van der Waals surface area contributed by atoms with Gasteiger partial charge in [0.1, 0.15) is 5.60 Å². The Morgan fingerprint density at radius 1 is 1.44 bits per heavy atom. The number of ether oxygens (including phenoxy) is 2. The fourth-order valence-electron chi connectivity index (χ4n) is 3.41. The summed E-state index contributed by atoms with van der Waals surface area (Å²) in [6.07, 6.45) is 5.25. The summed E-state index contributed by atoms with van der Waals surface area (Å²) in [6.45, 7) is 6.11. The summed E-state index contributed by atoms with van der Waals surface area (Å²) in [5.74, 6) is 0.103. The summed E-state index contributed by atoms with van der Waals surface area (Å²) < 4.78 is 13.4. The molecule has 2 fully saturated rings. The topological polar surface area (TPSA) is 68.6 Å². The molecular weight excluding hydrogens is 367 g/mol. The van der Waals surface area contributed by atoms with Crippen LogP contribution in [0.25, 0.3) is 0 Å². The number of halogens is 2. The van der Waals surface area contributed by atoms with Gasteiger partial charge in [0, 0.05) is 26.4 Å². The SMILES string of the molecule is COC1(C(=O)N2CCOC(Cn3cc(C)cn3)C2)CCNCC1.Cl.Cl. The predicted octanol–water partition coefficient (Wildman–Crippen LogP) is 1.03. The van der Waals surface area contributed by atoms with Gasteiger partial charge in [0.2, 0.25) is 0 Å². The Balaban J connectivity index is 0.00000156. The predicted molar refractivity (Wildman–Crippen MR) is 99.6 cm³/mol. The molecule has 0 aliphatic carbocycles. The van der Waals surface area contributed by atoms with Gasteiger partial charge in [0.15, 0.2) is 0 Å². The molecule has 0 aromatic carbocycles. The van der Waals surface area contributed by atoms with E-state index in [0.717, 1.165) is 31.5 Å². The molecule has 2 saturated heterocycles. The van der Waals surface area contributed by atoms with E-state index in [2.05, 4.69) is 10.4 Å². The summed E-state index contributed by atoms with van der Waals surface area (Å²) in [7, 11) is 1.65. The molecule has 1 N–H and O–H groups in total. The first kappa shape index (κ1) is 22.2. The Kier molecular flexibility index (Phi) is 8.63. The number of carbonyl (C=O) groups is 1. The van der Waals surface area contributed by atoms with Crippen molar-refractivity contribution in [3.8, 4) is 0 Å². The summed E-state index contributed by atoms with van der Waals surface area (Å²) in [6, 6.07) is 0. The van der Waals surface area contributed by atoms with Crippen molar-refractivity contribution in [3.05, 3.63) is 18.0 Å². The molecule has 1 amide bonds. The first-order chi connectivity index (χ1) is 11.1. The van der Waals surface area contributed by atoms with Crippen molar-refractivity contribution in [3.63, 3.8) is 0 Å². The zero-order valence-corrected chi connectivity index (χ0v) is 16.4. The van der Waals surface area contributed by atoms with Crippen molar-refractivity contribution in [2.75, 3.05) is 39.9 Å². The number of nitrogens with zero attached hydrogens (tertiary/aromatic N) is 3. The van der Waals surface area contributed by atoms with Crippen molar-refractivity contribution < 1.29 is 14.3 Å². The van der Waals surface area contributed by atoms with E-state index in [0.29, 0.717) is 26.2 Å². The van der Waals surface area contributed by atoms with Crippen LogP contribution in [0.4, 0.5) is 0 Å². The maximum Gasteiger partial charge on any atom is 0.255 e. The molecule has 3 heterocycles. The number of rotatable bonds is 4. The van der Waals surface area contributed by atoms with Gasteiger partial charge in [0.05, 0.1) is 25.5 Å². The van der Waals surface area contributed by atoms with E-state index in [1.54, 1.807) is 7.11 Å². The van der Waals surface area contributed by atoms with Crippen molar-refractivity contribution in [2.24, 2.45) is 0 Å². The molecule has 3 rings (SSSR count). The molecule has 25 heavy (non-hydrogen) atoms. The van der Waals surface area contributed by atoms with Gasteiger partial charge in [-0.3, -0.25) is 9.48 Å². The van der Waals surface area contributed by atoms with Crippen molar-refractivity contribution in [1.82, 2.24) is 20.0 Å². The second-order valence-electron chi connectivity index (χ2n) is 6.43. The van der Waals surface area contributed by atoms with E-state index in [-0.39, 0.29) is 36.8 Å². The number of amides is 1. The highest BCUT2D eigenvalue weighted by Gasteiger charge is 2.43. The highest BCUT2D eigenvalue weighted by molar-refractivity contribution is 5.86. The highest BCUT2D eigenvalue weighted by Crippen LogP contribution is 2.26. The molecular formula is C16H28Cl2N4O3. The Labute approximate surface area is 161 Å². The smallest absolute Gasteiger partial charge is 0.255 e. The number of morpholine rings is 1. The fourth-order valence-corrected chi connectivity index (χ4v) is 3.41. The second-order valence-corrected chi connectivity index (χ2v) is 6.43. The fraction of sp³-hybridized carbons (Fsp3) is 0.750. The first-order valence-corrected chi connectivity index (χ1v) is 8.29. The third-order valence-corrected chi connectivity index (χ3v) is 4.77. The monoisotopic (exact) mass is 394 g/mol. The zero-order chi connectivity index (χ0) is 16.3. The largest absolute Gasteiger partial charge is 0.373 e. The number of aromatic nitrogens is 2. The first-order valence-electron chi connectivity index (χ1n) is 8.29. The van der Waals surface area contributed by atoms with Crippen LogP contribution in [0, 0.1) is 6.92 Å². The van der Waals surface area contributed by atoms with Gasteiger partial charge >= 0.3 is 0 Å². The van der Waals surface area contributed by atoms with Crippen LogP contribution in [-0.2, 0) is 20.8 Å². The minimum Gasteiger partial charge on any atom is -0.373 e. The van der Waals surface area contributed by atoms with Crippen LogP contribution >= 0.6 is 24.8 Å². The van der Waals surface area contributed by atoms with E-state index in [1.807, 2.05) is 28.9 Å². The molecule has 0 saturated carbocycles. The summed E-state index contributed by atoms with van der Waals surface area (Å²) in [4.78, 5) is 14.9. The number of carbonyl (C=O) groups excluding carboxylic acids is 1. The molecule has 0 radical (unpaired) electrons. The molecule has 1 atom stereocenters. The molecule has 7 nitrogen and oxygen atoms in total. The molecule has 0 bridgehead atoms. The number of aryl methyl sites for hydroxylation is 1. The molecule has 2 aliphatic heterocycles. The van der Waals surface area contributed by atoms with Gasteiger partial charge in [0.25, 0.3) is 5.91 Å². The number of hydrogen-bond donors (Lipinski definition) is 1. The van der Waals surface area contributed by atoms with Gasteiger partial charge in [-0.1, -0.05) is 0 Å².